The lowest BCUT2D eigenvalue weighted by molar-refractivity contribution is 0.176. The summed E-state index contributed by atoms with van der Waals surface area (Å²) in [4.78, 5) is 0. The van der Waals surface area contributed by atoms with E-state index in [0.29, 0.717) is 24.3 Å². The molecule has 1 aromatic carbocycles. The number of hydrogen-bond donors (Lipinski definition) is 3. The average molecular weight is 212 g/mol. The van der Waals surface area contributed by atoms with Crippen molar-refractivity contribution in [2.24, 2.45) is 0 Å². The first-order chi connectivity index (χ1) is 7.13. The van der Waals surface area contributed by atoms with Crippen LogP contribution in [0.15, 0.2) is 18.2 Å². The smallest absolute Gasteiger partial charge is 0.148 e. The highest BCUT2D eigenvalue weighted by atomic mass is 19.1. The fraction of sp³-hybridized carbons (Fsp3) is 0.455. The van der Waals surface area contributed by atoms with E-state index < -0.39 is 11.9 Å². The summed E-state index contributed by atoms with van der Waals surface area (Å²) in [6.07, 6.45) is 1.18. The van der Waals surface area contributed by atoms with E-state index in [9.17, 15) is 9.50 Å². The fourth-order valence-corrected chi connectivity index (χ4v) is 1.34. The van der Waals surface area contributed by atoms with Crippen LogP contribution in [-0.4, -0.2) is 17.8 Å². The summed E-state index contributed by atoms with van der Waals surface area (Å²) in [6, 6.07) is 4.45. The lowest BCUT2D eigenvalue weighted by Gasteiger charge is -2.12. The Balaban J connectivity index is 2.50. The van der Waals surface area contributed by atoms with Crippen molar-refractivity contribution in [3.63, 3.8) is 0 Å². The van der Waals surface area contributed by atoms with Crippen LogP contribution in [0.4, 0.5) is 15.8 Å². The molecule has 0 amide bonds. The molecule has 1 unspecified atom stereocenters. The Morgan fingerprint density at radius 2 is 2.27 bits per heavy atom. The summed E-state index contributed by atoms with van der Waals surface area (Å²) in [5.74, 6) is -0.390. The maximum atomic E-state index is 13.3. The molecule has 84 valence electrons. The molecule has 4 heteroatoms. The number of halogens is 1. The number of aliphatic hydroxyl groups is 1. The van der Waals surface area contributed by atoms with Gasteiger partial charge in [-0.15, -0.1) is 0 Å². The summed E-state index contributed by atoms with van der Waals surface area (Å²) < 4.78 is 13.3. The van der Waals surface area contributed by atoms with Gasteiger partial charge in [-0.3, -0.25) is 0 Å². The molecule has 1 rings (SSSR count). The van der Waals surface area contributed by atoms with Crippen LogP contribution < -0.4 is 11.1 Å². The zero-order chi connectivity index (χ0) is 11.3. The summed E-state index contributed by atoms with van der Waals surface area (Å²) >= 11 is 0. The standard InChI is InChI=1S/C11H17FN2O/c1-2-3-9(15)7-14-11-5-4-8(13)6-10(11)12/h4-6,9,14-15H,2-3,7,13H2,1H3. The second-order valence-electron chi connectivity index (χ2n) is 3.56. The molecule has 0 radical (unpaired) electrons. The first-order valence-corrected chi connectivity index (χ1v) is 5.10. The molecule has 0 saturated carbocycles. The van der Waals surface area contributed by atoms with Crippen LogP contribution in [0, 0.1) is 5.82 Å². The quantitative estimate of drug-likeness (QED) is 0.654. The number of nitrogen functional groups attached to an aromatic ring is 1. The maximum absolute atomic E-state index is 13.3. The molecule has 0 bridgehead atoms. The van der Waals surface area contributed by atoms with E-state index >= 15 is 0 Å². The number of hydrogen-bond acceptors (Lipinski definition) is 3. The third-order valence-electron chi connectivity index (χ3n) is 2.14. The monoisotopic (exact) mass is 212 g/mol. The normalized spacial score (nSPS) is 12.5. The molecule has 0 fully saturated rings. The van der Waals surface area contributed by atoms with Crippen molar-refractivity contribution in [3.05, 3.63) is 24.0 Å². The molecular formula is C11H17FN2O. The molecule has 0 saturated heterocycles. The number of aliphatic hydroxyl groups excluding tert-OH is 1. The summed E-state index contributed by atoms with van der Waals surface area (Å²) in [7, 11) is 0. The van der Waals surface area contributed by atoms with E-state index in [-0.39, 0.29) is 0 Å². The molecule has 1 aromatic rings. The van der Waals surface area contributed by atoms with Gasteiger partial charge in [0.25, 0.3) is 0 Å². The van der Waals surface area contributed by atoms with Gasteiger partial charge < -0.3 is 16.2 Å². The summed E-state index contributed by atoms with van der Waals surface area (Å²) in [6.45, 7) is 2.35. The van der Waals surface area contributed by atoms with Crippen molar-refractivity contribution < 1.29 is 9.50 Å². The van der Waals surface area contributed by atoms with Crippen molar-refractivity contribution >= 4 is 11.4 Å². The Morgan fingerprint density at radius 1 is 1.53 bits per heavy atom. The molecule has 0 aliphatic carbocycles. The maximum Gasteiger partial charge on any atom is 0.148 e. The zero-order valence-electron chi connectivity index (χ0n) is 8.83. The van der Waals surface area contributed by atoms with Crippen molar-refractivity contribution in [1.29, 1.82) is 0 Å². The van der Waals surface area contributed by atoms with Crippen LogP contribution in [0.2, 0.25) is 0 Å². The van der Waals surface area contributed by atoms with Crippen LogP contribution in [0.25, 0.3) is 0 Å². The van der Waals surface area contributed by atoms with Crippen molar-refractivity contribution in [2.75, 3.05) is 17.6 Å². The molecule has 0 aliphatic heterocycles. The number of nitrogens with one attached hydrogen (secondary N) is 1. The topological polar surface area (TPSA) is 58.3 Å². The molecule has 0 aromatic heterocycles. The molecule has 4 N–H and O–H groups in total. The lowest BCUT2D eigenvalue weighted by atomic mass is 10.2. The van der Waals surface area contributed by atoms with Gasteiger partial charge in [0.2, 0.25) is 0 Å². The lowest BCUT2D eigenvalue weighted by Crippen LogP contribution is -2.19. The Bertz CT molecular complexity index is 317. The first-order valence-electron chi connectivity index (χ1n) is 5.10. The Labute approximate surface area is 89.1 Å². The van der Waals surface area contributed by atoms with Gasteiger partial charge in [-0.25, -0.2) is 4.39 Å². The minimum Gasteiger partial charge on any atom is -0.399 e. The number of anilines is 2. The predicted molar refractivity (Wildman–Crippen MR) is 60.2 cm³/mol. The minimum absolute atomic E-state index is 0.356. The van der Waals surface area contributed by atoms with Crippen molar-refractivity contribution in [1.82, 2.24) is 0 Å². The summed E-state index contributed by atoms with van der Waals surface area (Å²) in [5, 5.41) is 12.3. The van der Waals surface area contributed by atoms with Gasteiger partial charge >= 0.3 is 0 Å². The van der Waals surface area contributed by atoms with Gasteiger partial charge in [0, 0.05) is 12.2 Å². The van der Waals surface area contributed by atoms with Gasteiger partial charge in [0.1, 0.15) is 5.82 Å². The highest BCUT2D eigenvalue weighted by Crippen LogP contribution is 2.16. The van der Waals surface area contributed by atoms with E-state index in [1.807, 2.05) is 6.92 Å². The third kappa shape index (κ3) is 3.75. The highest BCUT2D eigenvalue weighted by molar-refractivity contribution is 5.52. The van der Waals surface area contributed by atoms with Crippen LogP contribution in [-0.2, 0) is 0 Å². The van der Waals surface area contributed by atoms with E-state index in [0.717, 1.165) is 6.42 Å². The van der Waals surface area contributed by atoms with Gasteiger partial charge in [0.05, 0.1) is 11.8 Å². The fourth-order valence-electron chi connectivity index (χ4n) is 1.34. The van der Waals surface area contributed by atoms with Crippen LogP contribution in [0.3, 0.4) is 0 Å². The van der Waals surface area contributed by atoms with E-state index in [1.54, 1.807) is 12.1 Å². The second kappa shape index (κ2) is 5.56. The SMILES string of the molecule is CCCC(O)CNc1ccc(N)cc1F. The van der Waals surface area contributed by atoms with Crippen molar-refractivity contribution in [3.8, 4) is 0 Å². The number of nitrogens with two attached hydrogens (primary N) is 1. The molecule has 0 aliphatic rings. The van der Waals surface area contributed by atoms with Crippen LogP contribution in [0.1, 0.15) is 19.8 Å². The van der Waals surface area contributed by atoms with Gasteiger partial charge in [-0.1, -0.05) is 13.3 Å². The third-order valence-corrected chi connectivity index (χ3v) is 2.14. The average Bonchev–Trinajstić information content (AvgIpc) is 2.17. The molecule has 0 heterocycles. The van der Waals surface area contributed by atoms with Gasteiger partial charge in [0.15, 0.2) is 0 Å². The molecule has 0 spiro atoms. The predicted octanol–water partition coefficient (Wildman–Crippen LogP) is 1.98. The van der Waals surface area contributed by atoms with E-state index in [1.165, 1.54) is 6.07 Å². The Hall–Kier alpha value is -1.29. The van der Waals surface area contributed by atoms with Gasteiger partial charge in [-0.2, -0.15) is 0 Å². The molecule has 15 heavy (non-hydrogen) atoms. The largest absolute Gasteiger partial charge is 0.399 e. The van der Waals surface area contributed by atoms with E-state index in [2.05, 4.69) is 5.32 Å². The number of rotatable bonds is 5. The van der Waals surface area contributed by atoms with E-state index in [4.69, 9.17) is 5.73 Å². The Morgan fingerprint density at radius 3 is 2.87 bits per heavy atom. The molecule has 1 atom stereocenters. The number of benzene rings is 1. The molecule has 3 nitrogen and oxygen atoms in total. The van der Waals surface area contributed by atoms with Crippen LogP contribution >= 0.6 is 0 Å². The molecular weight excluding hydrogens is 195 g/mol. The van der Waals surface area contributed by atoms with Crippen molar-refractivity contribution in [2.45, 2.75) is 25.9 Å². The van der Waals surface area contributed by atoms with Crippen LogP contribution in [0.5, 0.6) is 0 Å². The highest BCUT2D eigenvalue weighted by Gasteiger charge is 2.05. The second-order valence-corrected chi connectivity index (χ2v) is 3.56. The Kier molecular flexibility index (Phi) is 4.37. The zero-order valence-corrected chi connectivity index (χ0v) is 8.83. The first kappa shape index (κ1) is 11.8. The minimum atomic E-state index is -0.438. The summed E-state index contributed by atoms with van der Waals surface area (Å²) in [5.41, 5.74) is 6.18. The van der Waals surface area contributed by atoms with Gasteiger partial charge in [-0.05, 0) is 24.6 Å².